The van der Waals surface area contributed by atoms with Crippen LogP contribution in [-0.2, 0) is 17.8 Å². The molecule has 0 saturated heterocycles. The topological polar surface area (TPSA) is 81.0 Å². The Morgan fingerprint density at radius 3 is 2.41 bits per heavy atom. The van der Waals surface area contributed by atoms with Crippen molar-refractivity contribution in [3.8, 4) is 29.1 Å². The highest BCUT2D eigenvalue weighted by Crippen LogP contribution is 2.33. The minimum absolute atomic E-state index is 0.103. The molecule has 1 amide bonds. The normalized spacial score (nSPS) is 12.6. The summed E-state index contributed by atoms with van der Waals surface area (Å²) in [6.45, 7) is 3.28. The summed E-state index contributed by atoms with van der Waals surface area (Å²) in [5, 5.41) is 9.04. The van der Waals surface area contributed by atoms with E-state index in [4.69, 9.17) is 24.2 Å². The van der Waals surface area contributed by atoms with E-state index in [1.807, 2.05) is 19.1 Å². The number of amides is 1. The van der Waals surface area contributed by atoms with Crippen LogP contribution < -0.4 is 18.9 Å². The van der Waals surface area contributed by atoms with Crippen LogP contribution >= 0.6 is 0 Å². The molecule has 152 valence electrons. The Balaban J connectivity index is 1.68. The minimum Gasteiger partial charge on any atom is -0.493 e. The summed E-state index contributed by atoms with van der Waals surface area (Å²) < 4.78 is 22.0. The van der Waals surface area contributed by atoms with E-state index >= 15 is 0 Å². The Bertz CT molecular complexity index is 936. The smallest absolute Gasteiger partial charge is 0.260 e. The fourth-order valence-corrected chi connectivity index (χ4v) is 3.29. The summed E-state index contributed by atoms with van der Waals surface area (Å²) in [6, 6.07) is 10.9. The zero-order valence-electron chi connectivity index (χ0n) is 16.9. The third-order valence-corrected chi connectivity index (χ3v) is 4.79. The van der Waals surface area contributed by atoms with Gasteiger partial charge in [0, 0.05) is 19.2 Å². The number of benzene rings is 2. The molecule has 2 aromatic carbocycles. The second-order valence-corrected chi connectivity index (χ2v) is 6.54. The molecule has 7 heteroatoms. The van der Waals surface area contributed by atoms with Crippen molar-refractivity contribution in [3.63, 3.8) is 0 Å². The van der Waals surface area contributed by atoms with E-state index in [9.17, 15) is 4.79 Å². The molecular weight excluding hydrogens is 372 g/mol. The molecule has 7 nitrogen and oxygen atoms in total. The predicted molar refractivity (Wildman–Crippen MR) is 106 cm³/mol. The van der Waals surface area contributed by atoms with Gasteiger partial charge in [-0.2, -0.15) is 5.26 Å². The third-order valence-electron chi connectivity index (χ3n) is 4.79. The molecule has 0 unspecified atom stereocenters. The van der Waals surface area contributed by atoms with Crippen LogP contribution in [0.5, 0.6) is 23.0 Å². The first kappa shape index (κ1) is 20.3. The number of ether oxygens (including phenoxy) is 4. The molecule has 2 aromatic rings. The SMILES string of the molecule is CCOc1cc(C#N)ccc1OCC(=O)N1CCc2cc(OC)c(OC)cc2C1. The number of nitrogens with zero attached hydrogens (tertiary/aromatic N) is 2. The maximum absolute atomic E-state index is 12.7. The zero-order chi connectivity index (χ0) is 20.8. The molecule has 29 heavy (non-hydrogen) atoms. The largest absolute Gasteiger partial charge is 0.493 e. The quantitative estimate of drug-likeness (QED) is 0.716. The number of hydrogen-bond donors (Lipinski definition) is 0. The molecular formula is C22H24N2O5. The van der Waals surface area contributed by atoms with E-state index < -0.39 is 0 Å². The van der Waals surface area contributed by atoms with Crippen LogP contribution in [0.4, 0.5) is 0 Å². The molecule has 0 aromatic heterocycles. The number of methoxy groups -OCH3 is 2. The highest BCUT2D eigenvalue weighted by Gasteiger charge is 2.23. The summed E-state index contributed by atoms with van der Waals surface area (Å²) in [6.07, 6.45) is 0.739. The van der Waals surface area contributed by atoms with Crippen molar-refractivity contribution >= 4 is 5.91 Å². The Hall–Kier alpha value is -3.40. The fourth-order valence-electron chi connectivity index (χ4n) is 3.29. The average molecular weight is 396 g/mol. The van der Waals surface area contributed by atoms with Gasteiger partial charge in [-0.3, -0.25) is 4.79 Å². The number of carbonyl (C=O) groups is 1. The second kappa shape index (κ2) is 9.20. The van der Waals surface area contributed by atoms with Crippen molar-refractivity contribution in [1.82, 2.24) is 4.90 Å². The zero-order valence-corrected chi connectivity index (χ0v) is 16.9. The first-order chi connectivity index (χ1) is 14.1. The monoisotopic (exact) mass is 396 g/mol. The van der Waals surface area contributed by atoms with Gasteiger partial charge in [0.15, 0.2) is 29.6 Å². The Kier molecular flexibility index (Phi) is 6.45. The number of nitriles is 1. The van der Waals surface area contributed by atoms with Gasteiger partial charge in [0.25, 0.3) is 5.91 Å². The first-order valence-corrected chi connectivity index (χ1v) is 9.40. The Morgan fingerprint density at radius 2 is 1.76 bits per heavy atom. The lowest BCUT2D eigenvalue weighted by molar-refractivity contribution is -0.134. The van der Waals surface area contributed by atoms with Crippen LogP contribution in [0.15, 0.2) is 30.3 Å². The number of carbonyl (C=O) groups excluding carboxylic acids is 1. The highest BCUT2D eigenvalue weighted by atomic mass is 16.5. The molecule has 0 N–H and O–H groups in total. The number of rotatable bonds is 7. The van der Waals surface area contributed by atoms with Gasteiger partial charge in [-0.15, -0.1) is 0 Å². The summed E-state index contributed by atoms with van der Waals surface area (Å²) in [7, 11) is 3.21. The first-order valence-electron chi connectivity index (χ1n) is 9.40. The van der Waals surface area contributed by atoms with Gasteiger partial charge in [-0.25, -0.2) is 0 Å². The van der Waals surface area contributed by atoms with Gasteiger partial charge in [0.05, 0.1) is 32.5 Å². The van der Waals surface area contributed by atoms with E-state index in [2.05, 4.69) is 6.07 Å². The highest BCUT2D eigenvalue weighted by molar-refractivity contribution is 5.78. The molecule has 0 bridgehead atoms. The van der Waals surface area contributed by atoms with Crippen molar-refractivity contribution in [1.29, 1.82) is 5.26 Å². The van der Waals surface area contributed by atoms with E-state index in [0.29, 0.717) is 48.3 Å². The lowest BCUT2D eigenvalue weighted by Gasteiger charge is -2.29. The van der Waals surface area contributed by atoms with Gasteiger partial charge in [0.2, 0.25) is 0 Å². The van der Waals surface area contributed by atoms with Crippen molar-refractivity contribution in [2.75, 3.05) is 34.0 Å². The van der Waals surface area contributed by atoms with Crippen LogP contribution in [0, 0.1) is 11.3 Å². The third kappa shape index (κ3) is 4.54. The standard InChI is InChI=1S/C22H24N2O5/c1-4-28-21-9-15(12-23)5-6-18(21)29-14-22(25)24-8-7-16-10-19(26-2)20(27-3)11-17(16)13-24/h5-6,9-11H,4,7-8,13-14H2,1-3H3. The van der Waals surface area contributed by atoms with Gasteiger partial charge in [-0.05, 0) is 48.7 Å². The molecule has 0 fully saturated rings. The molecule has 0 atom stereocenters. The molecule has 0 aliphatic carbocycles. The van der Waals surface area contributed by atoms with Crippen LogP contribution in [0.1, 0.15) is 23.6 Å². The second-order valence-electron chi connectivity index (χ2n) is 6.54. The summed E-state index contributed by atoms with van der Waals surface area (Å²) in [5.41, 5.74) is 2.66. The predicted octanol–water partition coefficient (Wildman–Crippen LogP) is 2.94. The Labute approximate surface area is 170 Å². The molecule has 1 aliphatic heterocycles. The van der Waals surface area contributed by atoms with Crippen molar-refractivity contribution in [2.24, 2.45) is 0 Å². The van der Waals surface area contributed by atoms with Crippen LogP contribution in [0.3, 0.4) is 0 Å². The lowest BCUT2D eigenvalue weighted by atomic mass is 9.99. The molecule has 1 heterocycles. The van der Waals surface area contributed by atoms with Crippen LogP contribution in [0.2, 0.25) is 0 Å². The molecule has 0 radical (unpaired) electrons. The molecule has 1 aliphatic rings. The van der Waals surface area contributed by atoms with Crippen LogP contribution in [-0.4, -0.2) is 44.8 Å². The summed E-state index contributed by atoms with van der Waals surface area (Å²) >= 11 is 0. The average Bonchev–Trinajstić information content (AvgIpc) is 2.76. The van der Waals surface area contributed by atoms with E-state index in [-0.39, 0.29) is 12.5 Å². The fraction of sp³-hybridized carbons (Fsp3) is 0.364. The molecule has 0 saturated carbocycles. The van der Waals surface area contributed by atoms with Crippen molar-refractivity contribution < 1.29 is 23.7 Å². The van der Waals surface area contributed by atoms with E-state index in [0.717, 1.165) is 17.5 Å². The van der Waals surface area contributed by atoms with E-state index in [1.54, 1.807) is 37.3 Å². The number of fused-ring (bicyclic) bond motifs is 1. The van der Waals surface area contributed by atoms with Gasteiger partial charge in [-0.1, -0.05) is 0 Å². The van der Waals surface area contributed by atoms with Gasteiger partial charge < -0.3 is 23.8 Å². The lowest BCUT2D eigenvalue weighted by Crippen LogP contribution is -2.38. The van der Waals surface area contributed by atoms with Crippen molar-refractivity contribution in [3.05, 3.63) is 47.0 Å². The van der Waals surface area contributed by atoms with Gasteiger partial charge in [0.1, 0.15) is 0 Å². The van der Waals surface area contributed by atoms with Gasteiger partial charge >= 0.3 is 0 Å². The Morgan fingerprint density at radius 1 is 1.03 bits per heavy atom. The maximum Gasteiger partial charge on any atom is 0.260 e. The van der Waals surface area contributed by atoms with Crippen LogP contribution in [0.25, 0.3) is 0 Å². The van der Waals surface area contributed by atoms with E-state index in [1.165, 1.54) is 0 Å². The molecule has 3 rings (SSSR count). The number of hydrogen-bond acceptors (Lipinski definition) is 6. The summed E-state index contributed by atoms with van der Waals surface area (Å²) in [4.78, 5) is 14.5. The maximum atomic E-state index is 12.7. The minimum atomic E-state index is -0.114. The van der Waals surface area contributed by atoms with Crippen molar-refractivity contribution in [2.45, 2.75) is 19.9 Å². The summed E-state index contributed by atoms with van der Waals surface area (Å²) in [5.74, 6) is 2.13. The molecule has 0 spiro atoms.